The summed E-state index contributed by atoms with van der Waals surface area (Å²) in [6.45, 7) is 0.876. The number of esters is 1. The zero-order valence-corrected chi connectivity index (χ0v) is 14.6. The quantitative estimate of drug-likeness (QED) is 0.562. The molecule has 136 valence electrons. The van der Waals surface area contributed by atoms with Crippen molar-refractivity contribution in [3.05, 3.63) is 58.4 Å². The molecule has 0 radical (unpaired) electrons. The van der Waals surface area contributed by atoms with E-state index in [0.717, 1.165) is 0 Å². The SMILES string of the molecule is O=C(CCC(=O)c1ccc(F)cc1)OCc1cc(Cl)c2c(c1)OCCO2. The van der Waals surface area contributed by atoms with Crippen molar-refractivity contribution in [3.63, 3.8) is 0 Å². The van der Waals surface area contributed by atoms with Crippen molar-refractivity contribution < 1.29 is 28.2 Å². The third-order valence-electron chi connectivity index (χ3n) is 3.78. The van der Waals surface area contributed by atoms with Gasteiger partial charge in [0.25, 0.3) is 0 Å². The van der Waals surface area contributed by atoms with Crippen LogP contribution in [0.15, 0.2) is 36.4 Å². The van der Waals surface area contributed by atoms with Gasteiger partial charge in [-0.2, -0.15) is 0 Å². The summed E-state index contributed by atoms with van der Waals surface area (Å²) in [6, 6.07) is 8.54. The van der Waals surface area contributed by atoms with Crippen LogP contribution in [0.25, 0.3) is 0 Å². The summed E-state index contributed by atoms with van der Waals surface area (Å²) < 4.78 is 28.9. The molecular weight excluding hydrogens is 363 g/mol. The molecule has 0 bridgehead atoms. The van der Waals surface area contributed by atoms with Gasteiger partial charge in [-0.1, -0.05) is 11.6 Å². The Morgan fingerprint density at radius 3 is 2.58 bits per heavy atom. The minimum absolute atomic E-state index is 0.00758. The first-order valence-electron chi connectivity index (χ1n) is 8.05. The average Bonchev–Trinajstić information content (AvgIpc) is 2.65. The molecule has 1 heterocycles. The Kier molecular flexibility index (Phi) is 5.73. The van der Waals surface area contributed by atoms with Crippen molar-refractivity contribution in [1.29, 1.82) is 0 Å². The molecule has 0 amide bonds. The van der Waals surface area contributed by atoms with Crippen molar-refractivity contribution in [1.82, 2.24) is 0 Å². The number of hydrogen-bond donors (Lipinski definition) is 0. The molecule has 2 aromatic rings. The van der Waals surface area contributed by atoms with E-state index in [1.807, 2.05) is 0 Å². The molecular formula is C19H16ClFO5. The van der Waals surface area contributed by atoms with Crippen LogP contribution in [0, 0.1) is 5.82 Å². The fourth-order valence-electron chi connectivity index (χ4n) is 2.48. The molecule has 0 spiro atoms. The van der Waals surface area contributed by atoms with E-state index in [-0.39, 0.29) is 25.2 Å². The van der Waals surface area contributed by atoms with E-state index >= 15 is 0 Å². The summed E-state index contributed by atoms with van der Waals surface area (Å²) in [6.07, 6.45) is -0.0686. The molecule has 0 fully saturated rings. The molecule has 7 heteroatoms. The predicted molar refractivity (Wildman–Crippen MR) is 92.2 cm³/mol. The van der Waals surface area contributed by atoms with Crippen LogP contribution in [0.5, 0.6) is 11.5 Å². The molecule has 0 atom stereocenters. The number of Topliss-reactive ketones (excluding diaryl/α,β-unsaturated/α-hetero) is 1. The van der Waals surface area contributed by atoms with Crippen molar-refractivity contribution in [2.75, 3.05) is 13.2 Å². The van der Waals surface area contributed by atoms with E-state index in [0.29, 0.717) is 40.9 Å². The highest BCUT2D eigenvalue weighted by atomic mass is 35.5. The maximum atomic E-state index is 12.8. The van der Waals surface area contributed by atoms with E-state index in [4.69, 9.17) is 25.8 Å². The highest BCUT2D eigenvalue weighted by Gasteiger charge is 2.17. The lowest BCUT2D eigenvalue weighted by Crippen LogP contribution is -2.16. The number of rotatable bonds is 6. The molecule has 0 saturated heterocycles. The highest BCUT2D eigenvalue weighted by Crippen LogP contribution is 2.38. The molecule has 1 aliphatic heterocycles. The first kappa shape index (κ1) is 18.2. The Morgan fingerprint density at radius 1 is 1.08 bits per heavy atom. The third kappa shape index (κ3) is 4.52. The van der Waals surface area contributed by atoms with Crippen LogP contribution in [0.2, 0.25) is 5.02 Å². The van der Waals surface area contributed by atoms with Gasteiger partial charge in [-0.25, -0.2) is 4.39 Å². The first-order valence-corrected chi connectivity index (χ1v) is 8.43. The number of carbonyl (C=O) groups is 2. The second-order valence-electron chi connectivity index (χ2n) is 5.69. The lowest BCUT2D eigenvalue weighted by molar-refractivity contribution is -0.144. The fourth-order valence-corrected chi connectivity index (χ4v) is 2.77. The van der Waals surface area contributed by atoms with Crippen molar-refractivity contribution >= 4 is 23.4 Å². The van der Waals surface area contributed by atoms with Gasteiger partial charge >= 0.3 is 5.97 Å². The van der Waals surface area contributed by atoms with E-state index in [1.54, 1.807) is 12.1 Å². The van der Waals surface area contributed by atoms with Gasteiger partial charge in [0.2, 0.25) is 0 Å². The summed E-state index contributed by atoms with van der Waals surface area (Å²) in [5, 5.41) is 0.389. The van der Waals surface area contributed by atoms with Crippen LogP contribution < -0.4 is 9.47 Å². The molecule has 0 saturated carbocycles. The van der Waals surface area contributed by atoms with Gasteiger partial charge in [-0.15, -0.1) is 0 Å². The van der Waals surface area contributed by atoms with Crippen molar-refractivity contribution in [2.24, 2.45) is 0 Å². The predicted octanol–water partition coefficient (Wildman–Crippen LogP) is 3.96. The molecule has 0 unspecified atom stereocenters. The highest BCUT2D eigenvalue weighted by molar-refractivity contribution is 6.32. The number of ether oxygens (including phenoxy) is 3. The van der Waals surface area contributed by atoms with Crippen LogP contribution in [0.4, 0.5) is 4.39 Å². The Hall–Kier alpha value is -2.60. The second-order valence-corrected chi connectivity index (χ2v) is 6.10. The minimum Gasteiger partial charge on any atom is -0.486 e. The van der Waals surface area contributed by atoms with Crippen LogP contribution >= 0.6 is 11.6 Å². The Labute approximate surface area is 154 Å². The monoisotopic (exact) mass is 378 g/mol. The van der Waals surface area contributed by atoms with Crippen molar-refractivity contribution in [2.45, 2.75) is 19.4 Å². The van der Waals surface area contributed by atoms with Crippen LogP contribution in [0.3, 0.4) is 0 Å². The van der Waals surface area contributed by atoms with E-state index < -0.39 is 11.8 Å². The Bertz CT molecular complexity index is 819. The average molecular weight is 379 g/mol. The third-order valence-corrected chi connectivity index (χ3v) is 4.06. The standard InChI is InChI=1S/C19H16ClFO5/c20-15-9-12(10-17-19(15)25-8-7-24-17)11-26-18(23)6-5-16(22)13-1-3-14(21)4-2-13/h1-4,9-10H,5-8,11H2. The smallest absolute Gasteiger partial charge is 0.306 e. The fraction of sp³-hybridized carbons (Fsp3) is 0.263. The summed E-state index contributed by atoms with van der Waals surface area (Å²) in [7, 11) is 0. The number of ketones is 1. The van der Waals surface area contributed by atoms with Gasteiger partial charge in [0.05, 0.1) is 11.4 Å². The van der Waals surface area contributed by atoms with E-state index in [1.165, 1.54) is 24.3 Å². The van der Waals surface area contributed by atoms with Crippen LogP contribution in [0.1, 0.15) is 28.8 Å². The van der Waals surface area contributed by atoms with Gasteiger partial charge in [0, 0.05) is 12.0 Å². The van der Waals surface area contributed by atoms with Gasteiger partial charge in [0.15, 0.2) is 17.3 Å². The minimum atomic E-state index is -0.508. The van der Waals surface area contributed by atoms with Crippen molar-refractivity contribution in [3.8, 4) is 11.5 Å². The van der Waals surface area contributed by atoms with E-state index in [9.17, 15) is 14.0 Å². The van der Waals surface area contributed by atoms with Gasteiger partial charge in [-0.3, -0.25) is 9.59 Å². The molecule has 0 N–H and O–H groups in total. The summed E-state index contributed by atoms with van der Waals surface area (Å²) >= 11 is 6.13. The van der Waals surface area contributed by atoms with Crippen LogP contribution in [-0.4, -0.2) is 25.0 Å². The molecule has 5 nitrogen and oxygen atoms in total. The zero-order chi connectivity index (χ0) is 18.5. The molecule has 0 aliphatic carbocycles. The number of fused-ring (bicyclic) bond motifs is 1. The van der Waals surface area contributed by atoms with Crippen LogP contribution in [-0.2, 0) is 16.1 Å². The Balaban J connectivity index is 1.50. The first-order chi connectivity index (χ1) is 12.5. The normalized spacial score (nSPS) is 12.5. The lowest BCUT2D eigenvalue weighted by Gasteiger charge is -2.20. The molecule has 2 aromatic carbocycles. The number of halogens is 2. The largest absolute Gasteiger partial charge is 0.486 e. The lowest BCUT2D eigenvalue weighted by atomic mass is 10.1. The molecule has 3 rings (SSSR count). The maximum absolute atomic E-state index is 12.8. The molecule has 26 heavy (non-hydrogen) atoms. The second kappa shape index (κ2) is 8.19. The summed E-state index contributed by atoms with van der Waals surface area (Å²) in [5.74, 6) is -0.172. The Morgan fingerprint density at radius 2 is 1.81 bits per heavy atom. The van der Waals surface area contributed by atoms with Gasteiger partial charge in [0.1, 0.15) is 25.6 Å². The van der Waals surface area contributed by atoms with Gasteiger partial charge in [-0.05, 0) is 42.0 Å². The number of benzene rings is 2. The molecule has 0 aromatic heterocycles. The zero-order valence-electron chi connectivity index (χ0n) is 13.8. The maximum Gasteiger partial charge on any atom is 0.306 e. The van der Waals surface area contributed by atoms with E-state index in [2.05, 4.69) is 0 Å². The van der Waals surface area contributed by atoms with Gasteiger partial charge < -0.3 is 14.2 Å². The number of hydrogen-bond acceptors (Lipinski definition) is 5. The summed E-state index contributed by atoms with van der Waals surface area (Å²) in [4.78, 5) is 23.8. The topological polar surface area (TPSA) is 61.8 Å². The molecule has 1 aliphatic rings. The summed E-state index contributed by atoms with van der Waals surface area (Å²) in [5.41, 5.74) is 1.02. The number of carbonyl (C=O) groups excluding carboxylic acids is 2.